The number of hydrogen-bond acceptors (Lipinski definition) is 5. The summed E-state index contributed by atoms with van der Waals surface area (Å²) in [5.74, 6) is 1.05. The van der Waals surface area contributed by atoms with E-state index in [1.165, 1.54) is 12.1 Å². The molecule has 0 atom stereocenters. The molecule has 2 aromatic carbocycles. The molecule has 1 N–H and O–H groups in total. The van der Waals surface area contributed by atoms with Crippen molar-refractivity contribution in [3.05, 3.63) is 76.9 Å². The lowest BCUT2D eigenvalue weighted by Crippen LogP contribution is -2.28. The summed E-state index contributed by atoms with van der Waals surface area (Å²) < 4.78 is 15.6. The van der Waals surface area contributed by atoms with Gasteiger partial charge in [-0.05, 0) is 55.7 Å². The lowest BCUT2D eigenvalue weighted by molar-refractivity contribution is 0.626. The van der Waals surface area contributed by atoms with Gasteiger partial charge in [0, 0.05) is 31.2 Å². The smallest absolute Gasteiger partial charge is 0.236 e. The first-order chi connectivity index (χ1) is 15.5. The molecule has 0 aliphatic carbocycles. The Morgan fingerprint density at radius 1 is 1.16 bits per heavy atom. The average molecular weight is 426 g/mol. The van der Waals surface area contributed by atoms with Gasteiger partial charge in [0.05, 0.1) is 22.8 Å². The number of nitrogens with zero attached hydrogens (tertiary/aromatic N) is 5. The number of nitriles is 1. The van der Waals surface area contributed by atoms with Crippen LogP contribution in [0, 0.1) is 24.1 Å². The molecule has 0 unspecified atom stereocenters. The van der Waals surface area contributed by atoms with Crippen LogP contribution in [0.3, 0.4) is 0 Å². The molecule has 0 bridgehead atoms. The molecule has 0 amide bonds. The Bertz CT molecular complexity index is 1370. The minimum Gasteiger partial charge on any atom is -0.370 e. The van der Waals surface area contributed by atoms with E-state index in [1.807, 2.05) is 48.9 Å². The van der Waals surface area contributed by atoms with Crippen molar-refractivity contribution in [1.29, 1.82) is 5.26 Å². The Morgan fingerprint density at radius 3 is 2.81 bits per heavy atom. The van der Waals surface area contributed by atoms with Gasteiger partial charge in [-0.3, -0.25) is 4.57 Å². The third kappa shape index (κ3) is 3.44. The number of nitrogens with one attached hydrogen (secondary N) is 1. The number of aryl methyl sites for hydroxylation is 2. The molecule has 2 aromatic heterocycles. The second-order valence-electron chi connectivity index (χ2n) is 8.15. The SMILES string of the molecule is Cc1cc2c(C#N)cccc2n1-c1nc2c(c(NCc3cccc(F)c3)n1)N(C)CCC2. The minimum atomic E-state index is -0.255. The number of aromatic nitrogens is 3. The molecule has 4 aromatic rings. The number of benzene rings is 2. The summed E-state index contributed by atoms with van der Waals surface area (Å²) in [7, 11) is 2.05. The Labute approximate surface area is 186 Å². The van der Waals surface area contributed by atoms with Crippen LogP contribution in [0.2, 0.25) is 0 Å². The van der Waals surface area contributed by atoms with Gasteiger partial charge >= 0.3 is 0 Å². The van der Waals surface area contributed by atoms with E-state index in [0.29, 0.717) is 18.1 Å². The molecule has 1 aliphatic rings. The first-order valence-electron chi connectivity index (χ1n) is 10.7. The third-order valence-corrected chi connectivity index (χ3v) is 5.93. The van der Waals surface area contributed by atoms with Crippen LogP contribution in [0.25, 0.3) is 16.9 Å². The maximum Gasteiger partial charge on any atom is 0.236 e. The zero-order valence-corrected chi connectivity index (χ0v) is 18.1. The minimum absolute atomic E-state index is 0.255. The largest absolute Gasteiger partial charge is 0.370 e. The molecule has 3 heterocycles. The predicted octanol–water partition coefficient (Wildman–Crippen LogP) is 4.73. The molecule has 7 heteroatoms. The number of anilines is 2. The summed E-state index contributed by atoms with van der Waals surface area (Å²) in [5, 5.41) is 13.8. The fraction of sp³-hybridized carbons (Fsp3) is 0.240. The Morgan fingerprint density at radius 2 is 2.00 bits per heavy atom. The van der Waals surface area contributed by atoms with Gasteiger partial charge in [-0.1, -0.05) is 18.2 Å². The van der Waals surface area contributed by atoms with Crippen molar-refractivity contribution in [3.63, 3.8) is 0 Å². The summed E-state index contributed by atoms with van der Waals surface area (Å²) in [4.78, 5) is 12.0. The molecular formula is C25H23FN6. The van der Waals surface area contributed by atoms with E-state index in [9.17, 15) is 9.65 Å². The fourth-order valence-electron chi connectivity index (χ4n) is 4.44. The zero-order chi connectivity index (χ0) is 22.2. The summed E-state index contributed by atoms with van der Waals surface area (Å²) in [5.41, 5.74) is 5.32. The van der Waals surface area contributed by atoms with E-state index in [4.69, 9.17) is 9.97 Å². The molecule has 0 radical (unpaired) electrons. The highest BCUT2D eigenvalue weighted by atomic mass is 19.1. The Balaban J connectivity index is 1.63. The van der Waals surface area contributed by atoms with Crippen LogP contribution >= 0.6 is 0 Å². The maximum atomic E-state index is 13.6. The van der Waals surface area contributed by atoms with E-state index in [1.54, 1.807) is 6.07 Å². The van der Waals surface area contributed by atoms with Crippen molar-refractivity contribution < 1.29 is 4.39 Å². The summed E-state index contributed by atoms with van der Waals surface area (Å²) in [6, 6.07) is 16.5. The summed E-state index contributed by atoms with van der Waals surface area (Å²) in [6.45, 7) is 3.38. The molecule has 5 rings (SSSR count). The van der Waals surface area contributed by atoms with Crippen molar-refractivity contribution in [2.45, 2.75) is 26.3 Å². The maximum absolute atomic E-state index is 13.6. The van der Waals surface area contributed by atoms with Crippen LogP contribution in [0.4, 0.5) is 15.9 Å². The van der Waals surface area contributed by atoms with E-state index >= 15 is 0 Å². The van der Waals surface area contributed by atoms with Gasteiger partial charge in [0.2, 0.25) is 5.95 Å². The monoisotopic (exact) mass is 426 g/mol. The summed E-state index contributed by atoms with van der Waals surface area (Å²) in [6.07, 6.45) is 1.89. The highest BCUT2D eigenvalue weighted by Crippen LogP contribution is 2.34. The van der Waals surface area contributed by atoms with Gasteiger partial charge in [0.15, 0.2) is 5.82 Å². The summed E-state index contributed by atoms with van der Waals surface area (Å²) >= 11 is 0. The number of rotatable bonds is 4. The first-order valence-corrected chi connectivity index (χ1v) is 10.7. The van der Waals surface area contributed by atoms with Crippen LogP contribution < -0.4 is 10.2 Å². The Hall–Kier alpha value is -3.92. The molecule has 6 nitrogen and oxygen atoms in total. The Kier molecular flexibility index (Phi) is 4.98. The molecule has 0 spiro atoms. The second kappa shape index (κ2) is 7.97. The lowest BCUT2D eigenvalue weighted by Gasteiger charge is -2.29. The zero-order valence-electron chi connectivity index (χ0n) is 18.1. The average Bonchev–Trinajstić information content (AvgIpc) is 3.13. The van der Waals surface area contributed by atoms with Gasteiger partial charge in [0.1, 0.15) is 11.5 Å². The van der Waals surface area contributed by atoms with Crippen molar-refractivity contribution >= 4 is 22.4 Å². The van der Waals surface area contributed by atoms with Crippen molar-refractivity contribution in [2.24, 2.45) is 0 Å². The van der Waals surface area contributed by atoms with Crippen LogP contribution in [-0.2, 0) is 13.0 Å². The van der Waals surface area contributed by atoms with Gasteiger partial charge in [0.25, 0.3) is 0 Å². The number of fused-ring (bicyclic) bond motifs is 2. The molecule has 0 saturated heterocycles. The van der Waals surface area contributed by atoms with Crippen molar-refractivity contribution in [3.8, 4) is 12.0 Å². The predicted molar refractivity (Wildman–Crippen MR) is 124 cm³/mol. The molecule has 0 fully saturated rings. The highest BCUT2D eigenvalue weighted by Gasteiger charge is 2.23. The standard InChI is InChI=1S/C25H23FN6/c1-16-12-20-18(14-27)7-4-10-22(20)32(16)25-29-21-9-5-11-31(2)23(21)24(30-25)28-15-17-6-3-8-19(26)13-17/h3-4,6-8,10,12-13H,5,9,11,15H2,1-2H3,(H,28,29,30). The third-order valence-electron chi connectivity index (χ3n) is 5.93. The molecular weight excluding hydrogens is 403 g/mol. The quantitative estimate of drug-likeness (QED) is 0.511. The van der Waals surface area contributed by atoms with Gasteiger partial charge < -0.3 is 10.2 Å². The van der Waals surface area contributed by atoms with Crippen LogP contribution in [0.5, 0.6) is 0 Å². The highest BCUT2D eigenvalue weighted by molar-refractivity contribution is 5.88. The first kappa shape index (κ1) is 20.0. The molecule has 160 valence electrons. The number of hydrogen-bond donors (Lipinski definition) is 1. The van der Waals surface area contributed by atoms with E-state index in [-0.39, 0.29) is 5.82 Å². The molecule has 32 heavy (non-hydrogen) atoms. The van der Waals surface area contributed by atoms with Crippen LogP contribution in [0.15, 0.2) is 48.5 Å². The van der Waals surface area contributed by atoms with Gasteiger partial charge in [-0.2, -0.15) is 10.2 Å². The van der Waals surface area contributed by atoms with E-state index < -0.39 is 0 Å². The van der Waals surface area contributed by atoms with Gasteiger partial charge in [-0.25, -0.2) is 9.37 Å². The van der Waals surface area contributed by atoms with Crippen molar-refractivity contribution in [2.75, 3.05) is 23.8 Å². The fourth-order valence-corrected chi connectivity index (χ4v) is 4.44. The van der Waals surface area contributed by atoms with E-state index in [0.717, 1.165) is 58.7 Å². The lowest BCUT2D eigenvalue weighted by atomic mass is 10.1. The van der Waals surface area contributed by atoms with Crippen LogP contribution in [0.1, 0.15) is 28.9 Å². The normalized spacial score (nSPS) is 13.1. The topological polar surface area (TPSA) is 69.8 Å². The molecule has 1 aliphatic heterocycles. The molecule has 0 saturated carbocycles. The van der Waals surface area contributed by atoms with E-state index in [2.05, 4.69) is 16.3 Å². The van der Waals surface area contributed by atoms with Gasteiger partial charge in [-0.15, -0.1) is 0 Å². The number of halogens is 1. The van der Waals surface area contributed by atoms with Crippen LogP contribution in [-0.4, -0.2) is 28.1 Å². The second-order valence-corrected chi connectivity index (χ2v) is 8.15. The van der Waals surface area contributed by atoms with Crippen molar-refractivity contribution in [1.82, 2.24) is 14.5 Å².